The summed E-state index contributed by atoms with van der Waals surface area (Å²) >= 11 is 3.54. The van der Waals surface area contributed by atoms with E-state index in [9.17, 15) is 4.79 Å². The maximum absolute atomic E-state index is 12.2. The van der Waals surface area contributed by atoms with Crippen LogP contribution in [0.3, 0.4) is 0 Å². The molecule has 25 heavy (non-hydrogen) atoms. The molecule has 2 aromatic carbocycles. The molecule has 1 heterocycles. The van der Waals surface area contributed by atoms with Gasteiger partial charge in [-0.2, -0.15) is 0 Å². The van der Waals surface area contributed by atoms with Crippen molar-refractivity contribution in [2.24, 2.45) is 0 Å². The van der Waals surface area contributed by atoms with Gasteiger partial charge >= 0.3 is 6.09 Å². The summed E-state index contributed by atoms with van der Waals surface area (Å²) in [6.45, 7) is 0.984. The highest BCUT2D eigenvalue weighted by atomic mass is 79.9. The van der Waals surface area contributed by atoms with Crippen LogP contribution in [0, 0.1) is 0 Å². The summed E-state index contributed by atoms with van der Waals surface area (Å²) in [5.41, 5.74) is 1.88. The van der Waals surface area contributed by atoms with Crippen LogP contribution in [0.15, 0.2) is 40.9 Å². The van der Waals surface area contributed by atoms with E-state index in [2.05, 4.69) is 15.9 Å². The zero-order valence-corrected chi connectivity index (χ0v) is 15.5. The first-order valence-electron chi connectivity index (χ1n) is 7.65. The minimum atomic E-state index is -0.402. The second kappa shape index (κ2) is 7.65. The fraction of sp³-hybridized carbons (Fsp3) is 0.278. The number of methoxy groups -OCH3 is 2. The average Bonchev–Trinajstić information content (AvgIpc) is 3.12. The monoisotopic (exact) mass is 407 g/mol. The number of carbonyl (C=O) groups excluding carboxylic acids is 1. The predicted octanol–water partition coefficient (Wildman–Crippen LogP) is 3.96. The number of benzene rings is 2. The highest BCUT2D eigenvalue weighted by Crippen LogP contribution is 2.41. The Kier molecular flexibility index (Phi) is 5.33. The minimum Gasteiger partial charge on any atom is -0.497 e. The number of rotatable bonds is 5. The Morgan fingerprint density at radius 2 is 1.88 bits per heavy atom. The Hall–Kier alpha value is -2.41. The van der Waals surface area contributed by atoms with Gasteiger partial charge in [0, 0.05) is 6.54 Å². The van der Waals surface area contributed by atoms with E-state index >= 15 is 0 Å². The second-order valence-electron chi connectivity index (χ2n) is 5.45. The van der Waals surface area contributed by atoms with Crippen LogP contribution in [0.5, 0.6) is 17.2 Å². The molecule has 0 spiro atoms. The molecule has 1 aliphatic rings. The zero-order valence-electron chi connectivity index (χ0n) is 14.0. The fourth-order valence-corrected chi connectivity index (χ4v) is 3.14. The first-order chi connectivity index (χ1) is 12.1. The molecular formula is C18H18BrNO5. The Morgan fingerprint density at radius 3 is 2.56 bits per heavy atom. The van der Waals surface area contributed by atoms with Crippen LogP contribution in [-0.2, 0) is 17.8 Å². The van der Waals surface area contributed by atoms with Gasteiger partial charge in [0.25, 0.3) is 0 Å². The fourth-order valence-electron chi connectivity index (χ4n) is 2.57. The SMILES string of the molecule is COC(=O)N(Cc1ccc(OC)cc1)Cc1ccc2c(c1Br)OCO2. The average molecular weight is 408 g/mol. The van der Waals surface area contributed by atoms with Crippen molar-refractivity contribution in [3.8, 4) is 17.2 Å². The summed E-state index contributed by atoms with van der Waals surface area (Å²) < 4.78 is 21.7. The number of amides is 1. The molecule has 3 rings (SSSR count). The third kappa shape index (κ3) is 3.82. The van der Waals surface area contributed by atoms with Crippen LogP contribution < -0.4 is 14.2 Å². The van der Waals surface area contributed by atoms with Crippen molar-refractivity contribution in [3.05, 3.63) is 52.0 Å². The first-order valence-corrected chi connectivity index (χ1v) is 8.44. The lowest BCUT2D eigenvalue weighted by atomic mass is 10.1. The lowest BCUT2D eigenvalue weighted by Gasteiger charge is -2.22. The number of ether oxygens (including phenoxy) is 4. The van der Waals surface area contributed by atoms with Crippen LogP contribution in [0.25, 0.3) is 0 Å². The van der Waals surface area contributed by atoms with Crippen molar-refractivity contribution in [1.82, 2.24) is 4.90 Å². The molecule has 132 valence electrons. The van der Waals surface area contributed by atoms with E-state index in [0.29, 0.717) is 24.6 Å². The zero-order chi connectivity index (χ0) is 17.8. The van der Waals surface area contributed by atoms with Crippen molar-refractivity contribution in [1.29, 1.82) is 0 Å². The van der Waals surface area contributed by atoms with E-state index in [1.807, 2.05) is 36.4 Å². The van der Waals surface area contributed by atoms with Crippen molar-refractivity contribution >= 4 is 22.0 Å². The Labute approximate surface area is 154 Å². The Bertz CT molecular complexity index is 763. The summed E-state index contributed by atoms with van der Waals surface area (Å²) in [5.74, 6) is 2.12. The molecule has 7 heteroatoms. The van der Waals surface area contributed by atoms with E-state index in [4.69, 9.17) is 18.9 Å². The molecule has 0 unspecified atom stereocenters. The van der Waals surface area contributed by atoms with Gasteiger partial charge in [-0.25, -0.2) is 4.79 Å². The van der Waals surface area contributed by atoms with Gasteiger partial charge < -0.3 is 18.9 Å². The van der Waals surface area contributed by atoms with Gasteiger partial charge in [-0.3, -0.25) is 4.90 Å². The number of carbonyl (C=O) groups is 1. The molecule has 0 aliphatic carbocycles. The molecule has 0 saturated heterocycles. The molecule has 2 aromatic rings. The quantitative estimate of drug-likeness (QED) is 0.750. The summed E-state index contributed by atoms with van der Waals surface area (Å²) in [6.07, 6.45) is -0.402. The third-order valence-corrected chi connectivity index (χ3v) is 4.75. The van der Waals surface area contributed by atoms with Crippen LogP contribution in [0.4, 0.5) is 4.79 Å². The normalized spacial score (nSPS) is 12.0. The van der Waals surface area contributed by atoms with Gasteiger partial charge in [-0.15, -0.1) is 0 Å². The van der Waals surface area contributed by atoms with Gasteiger partial charge in [0.15, 0.2) is 11.5 Å². The lowest BCUT2D eigenvalue weighted by Crippen LogP contribution is -2.30. The van der Waals surface area contributed by atoms with Crippen LogP contribution in [0.1, 0.15) is 11.1 Å². The molecule has 6 nitrogen and oxygen atoms in total. The predicted molar refractivity (Wildman–Crippen MR) is 94.9 cm³/mol. The summed E-state index contributed by atoms with van der Waals surface area (Å²) in [6, 6.07) is 11.3. The molecule has 0 saturated carbocycles. The summed E-state index contributed by atoms with van der Waals surface area (Å²) in [7, 11) is 2.99. The van der Waals surface area contributed by atoms with E-state index in [1.54, 1.807) is 12.0 Å². The van der Waals surface area contributed by atoms with Gasteiger partial charge in [0.1, 0.15) is 5.75 Å². The van der Waals surface area contributed by atoms with Gasteiger partial charge in [0.05, 0.1) is 25.2 Å². The summed E-state index contributed by atoms with van der Waals surface area (Å²) in [5, 5.41) is 0. The molecule has 0 fully saturated rings. The Morgan fingerprint density at radius 1 is 1.12 bits per heavy atom. The van der Waals surface area contributed by atoms with E-state index in [1.165, 1.54) is 7.11 Å². The number of hydrogen-bond donors (Lipinski definition) is 0. The van der Waals surface area contributed by atoms with Crippen molar-refractivity contribution in [3.63, 3.8) is 0 Å². The number of halogens is 1. The Balaban J connectivity index is 1.80. The van der Waals surface area contributed by atoms with E-state index in [-0.39, 0.29) is 6.79 Å². The van der Waals surface area contributed by atoms with Crippen LogP contribution >= 0.6 is 15.9 Å². The molecular weight excluding hydrogens is 390 g/mol. The van der Waals surface area contributed by atoms with Crippen LogP contribution in [-0.4, -0.2) is 32.0 Å². The molecule has 1 amide bonds. The number of hydrogen-bond acceptors (Lipinski definition) is 5. The number of nitrogens with zero attached hydrogens (tertiary/aromatic N) is 1. The maximum Gasteiger partial charge on any atom is 0.410 e. The molecule has 0 radical (unpaired) electrons. The van der Waals surface area contributed by atoms with Gasteiger partial charge in [-0.1, -0.05) is 18.2 Å². The highest BCUT2D eigenvalue weighted by Gasteiger charge is 2.22. The van der Waals surface area contributed by atoms with Crippen molar-refractivity contribution in [2.45, 2.75) is 13.1 Å². The first kappa shape index (κ1) is 17.4. The highest BCUT2D eigenvalue weighted by molar-refractivity contribution is 9.10. The van der Waals surface area contributed by atoms with Gasteiger partial charge in [0.2, 0.25) is 6.79 Å². The smallest absolute Gasteiger partial charge is 0.410 e. The summed E-state index contributed by atoms with van der Waals surface area (Å²) in [4.78, 5) is 13.8. The van der Waals surface area contributed by atoms with E-state index < -0.39 is 6.09 Å². The van der Waals surface area contributed by atoms with Crippen molar-refractivity contribution < 1.29 is 23.7 Å². The topological polar surface area (TPSA) is 57.2 Å². The molecule has 0 bridgehead atoms. The molecule has 0 N–H and O–H groups in total. The third-order valence-electron chi connectivity index (χ3n) is 3.89. The number of fused-ring (bicyclic) bond motifs is 1. The standard InChI is InChI=1S/C18H18BrNO5/c1-22-14-6-3-12(4-7-14)9-20(18(21)23-2)10-13-5-8-15-17(16(13)19)25-11-24-15/h3-8H,9-11H2,1-2H3. The van der Waals surface area contributed by atoms with Gasteiger partial charge in [-0.05, 0) is 45.3 Å². The molecule has 0 aromatic heterocycles. The second-order valence-corrected chi connectivity index (χ2v) is 6.24. The van der Waals surface area contributed by atoms with E-state index in [0.717, 1.165) is 21.3 Å². The lowest BCUT2D eigenvalue weighted by molar-refractivity contribution is 0.118. The molecule has 0 atom stereocenters. The largest absolute Gasteiger partial charge is 0.497 e. The van der Waals surface area contributed by atoms with Crippen LogP contribution in [0.2, 0.25) is 0 Å². The minimum absolute atomic E-state index is 0.198. The molecule has 1 aliphatic heterocycles. The van der Waals surface area contributed by atoms with Crippen molar-refractivity contribution in [2.75, 3.05) is 21.0 Å². The maximum atomic E-state index is 12.2.